The van der Waals surface area contributed by atoms with E-state index in [1.165, 1.54) is 25.7 Å². The van der Waals surface area contributed by atoms with Gasteiger partial charge in [0.25, 0.3) is 0 Å². The zero-order chi connectivity index (χ0) is 13.0. The van der Waals surface area contributed by atoms with Crippen LogP contribution >= 0.6 is 0 Å². The summed E-state index contributed by atoms with van der Waals surface area (Å²) >= 11 is 0. The third-order valence-electron chi connectivity index (χ3n) is 3.08. The summed E-state index contributed by atoms with van der Waals surface area (Å²) in [5, 5.41) is 0. The number of carbonyl (C=O) groups excluding carboxylic acids is 1. The van der Waals surface area contributed by atoms with E-state index < -0.39 is 8.56 Å². The monoisotopic (exact) mass is 259 g/mol. The van der Waals surface area contributed by atoms with Crippen molar-refractivity contribution >= 4 is 14.6 Å². The van der Waals surface area contributed by atoms with E-state index >= 15 is 0 Å². The first-order valence-electron chi connectivity index (χ1n) is 6.32. The molecule has 0 bridgehead atoms. The lowest BCUT2D eigenvalue weighted by Gasteiger charge is -2.22. The first-order valence-corrected chi connectivity index (χ1v) is 8.85. The highest BCUT2D eigenvalue weighted by atomic mass is 28.4. The van der Waals surface area contributed by atoms with Crippen LogP contribution in [0, 0.1) is 0 Å². The van der Waals surface area contributed by atoms with Gasteiger partial charge >= 0.3 is 8.56 Å². The van der Waals surface area contributed by atoms with Crippen LogP contribution in [0.1, 0.15) is 38.5 Å². The molecule has 0 spiro atoms. The molecule has 0 aromatic rings. The van der Waals surface area contributed by atoms with Crippen LogP contribution in [-0.2, 0) is 13.6 Å². The summed E-state index contributed by atoms with van der Waals surface area (Å²) in [4.78, 5) is 13.3. The summed E-state index contributed by atoms with van der Waals surface area (Å²) in [6.07, 6.45) is 8.56. The first kappa shape index (κ1) is 16.5. The summed E-state index contributed by atoms with van der Waals surface area (Å²) in [5.74, 6) is 0. The van der Waals surface area contributed by atoms with Crippen molar-refractivity contribution in [1.29, 1.82) is 0 Å². The minimum absolute atomic E-state index is 0.627. The van der Waals surface area contributed by atoms with Crippen LogP contribution in [0.25, 0.3) is 0 Å². The summed E-state index contributed by atoms with van der Waals surface area (Å²) in [5.41, 5.74) is 0. The van der Waals surface area contributed by atoms with Gasteiger partial charge in [-0.05, 0) is 19.0 Å². The number of aliphatic imine (C=N–C) groups is 1. The number of nitrogens with zero attached hydrogens (tertiary/aromatic N) is 1. The number of unbranched alkanes of at least 4 members (excludes halogenated alkanes) is 5. The zero-order valence-electron chi connectivity index (χ0n) is 11.3. The van der Waals surface area contributed by atoms with Gasteiger partial charge in [0.15, 0.2) is 0 Å². The molecule has 0 atom stereocenters. The third kappa shape index (κ3) is 9.24. The average Bonchev–Trinajstić information content (AvgIpc) is 2.36. The third-order valence-corrected chi connectivity index (χ3v) is 6.07. The summed E-state index contributed by atoms with van der Waals surface area (Å²) in [7, 11) is 1.64. The highest BCUT2D eigenvalue weighted by Crippen LogP contribution is 2.17. The van der Waals surface area contributed by atoms with E-state index in [1.807, 2.05) is 0 Å². The molecule has 0 rings (SSSR count). The quantitative estimate of drug-likeness (QED) is 0.248. The largest absolute Gasteiger partial charge is 0.398 e. The summed E-state index contributed by atoms with van der Waals surface area (Å²) in [6, 6.07) is 1.06. The number of hydrogen-bond acceptors (Lipinski definition) is 4. The fourth-order valence-corrected chi connectivity index (χ4v) is 3.14. The van der Waals surface area contributed by atoms with Gasteiger partial charge < -0.3 is 8.85 Å². The topological polar surface area (TPSA) is 47.9 Å². The van der Waals surface area contributed by atoms with Gasteiger partial charge in [-0.25, -0.2) is 9.79 Å². The molecule has 0 amide bonds. The van der Waals surface area contributed by atoms with Crippen molar-refractivity contribution < 1.29 is 13.6 Å². The summed E-state index contributed by atoms with van der Waals surface area (Å²) in [6.45, 7) is 2.73. The van der Waals surface area contributed by atoms with Gasteiger partial charge in [-0.15, -0.1) is 0 Å². The first-order chi connectivity index (χ1) is 8.18. The lowest BCUT2D eigenvalue weighted by Crippen LogP contribution is -2.35. The second-order valence-electron chi connectivity index (χ2n) is 4.39. The van der Waals surface area contributed by atoms with E-state index in [0.717, 1.165) is 18.9 Å². The maximum Gasteiger partial charge on any atom is 0.334 e. The van der Waals surface area contributed by atoms with E-state index in [-0.39, 0.29) is 0 Å². The van der Waals surface area contributed by atoms with Crippen LogP contribution in [0.5, 0.6) is 0 Å². The Kier molecular flexibility index (Phi) is 10.4. The number of isocyanates is 1. The van der Waals surface area contributed by atoms with Crippen molar-refractivity contribution in [3.8, 4) is 0 Å². The molecule has 0 radical (unpaired) electrons. The summed E-state index contributed by atoms with van der Waals surface area (Å²) < 4.78 is 10.9. The highest BCUT2D eigenvalue weighted by molar-refractivity contribution is 6.65. The molecule has 0 fully saturated rings. The Morgan fingerprint density at radius 3 is 2.06 bits per heavy atom. The molecule has 5 heteroatoms. The molecule has 0 heterocycles. The van der Waals surface area contributed by atoms with Crippen molar-refractivity contribution in [2.75, 3.05) is 20.8 Å². The van der Waals surface area contributed by atoms with Crippen LogP contribution < -0.4 is 0 Å². The molecular formula is C12H25NO3Si. The SMILES string of the molecule is CO[Si](C)(CCCCCCCCN=C=O)OC. The minimum Gasteiger partial charge on any atom is -0.398 e. The standard InChI is InChI=1S/C12H25NO3Si/c1-15-17(3,16-2)11-9-7-5-4-6-8-10-13-12-14/h4-11H2,1-3H3. The predicted octanol–water partition coefficient (Wildman–Crippen LogP) is 3.03. The van der Waals surface area contributed by atoms with Gasteiger partial charge in [0.05, 0.1) is 6.54 Å². The lowest BCUT2D eigenvalue weighted by atomic mass is 10.1. The second-order valence-corrected chi connectivity index (χ2v) is 7.97. The van der Waals surface area contributed by atoms with Gasteiger partial charge in [-0.1, -0.05) is 32.1 Å². The molecule has 100 valence electrons. The van der Waals surface area contributed by atoms with Gasteiger partial charge in [0.1, 0.15) is 0 Å². The van der Waals surface area contributed by atoms with Crippen molar-refractivity contribution in [3.05, 3.63) is 0 Å². The molecule has 0 unspecified atom stereocenters. The van der Waals surface area contributed by atoms with Gasteiger partial charge in [-0.3, -0.25) is 0 Å². The molecule has 0 saturated carbocycles. The molecule has 0 aliphatic rings. The fourth-order valence-electron chi connectivity index (χ4n) is 1.68. The number of hydrogen-bond donors (Lipinski definition) is 0. The Morgan fingerprint density at radius 2 is 1.53 bits per heavy atom. The van der Waals surface area contributed by atoms with Gasteiger partial charge in [-0.2, -0.15) is 0 Å². The molecule has 0 aromatic heterocycles. The van der Waals surface area contributed by atoms with E-state index in [4.69, 9.17) is 8.85 Å². The van der Waals surface area contributed by atoms with Crippen LogP contribution in [0.3, 0.4) is 0 Å². The second kappa shape index (κ2) is 10.7. The van der Waals surface area contributed by atoms with Crippen molar-refractivity contribution in [1.82, 2.24) is 0 Å². The molecule has 4 nitrogen and oxygen atoms in total. The predicted molar refractivity (Wildman–Crippen MR) is 71.1 cm³/mol. The zero-order valence-corrected chi connectivity index (χ0v) is 12.3. The lowest BCUT2D eigenvalue weighted by molar-refractivity contribution is 0.248. The normalized spacial score (nSPS) is 11.2. The molecule has 0 N–H and O–H groups in total. The van der Waals surface area contributed by atoms with Crippen molar-refractivity contribution in [2.24, 2.45) is 4.99 Å². The van der Waals surface area contributed by atoms with E-state index in [0.29, 0.717) is 6.54 Å². The van der Waals surface area contributed by atoms with Crippen LogP contribution in [-0.4, -0.2) is 35.4 Å². The fraction of sp³-hybridized carbons (Fsp3) is 0.917. The highest BCUT2D eigenvalue weighted by Gasteiger charge is 2.27. The number of rotatable bonds is 11. The smallest absolute Gasteiger partial charge is 0.334 e. The maximum absolute atomic E-state index is 9.82. The Morgan fingerprint density at radius 1 is 1.00 bits per heavy atom. The molecule has 17 heavy (non-hydrogen) atoms. The average molecular weight is 259 g/mol. The Labute approximate surface area is 106 Å². The molecule has 0 aromatic carbocycles. The van der Waals surface area contributed by atoms with Gasteiger partial charge in [0.2, 0.25) is 6.08 Å². The maximum atomic E-state index is 9.82. The van der Waals surface area contributed by atoms with E-state index in [1.54, 1.807) is 20.3 Å². The van der Waals surface area contributed by atoms with E-state index in [2.05, 4.69) is 11.5 Å². The van der Waals surface area contributed by atoms with E-state index in [9.17, 15) is 4.79 Å². The Hall–Kier alpha value is -0.483. The Balaban J connectivity index is 3.31. The minimum atomic E-state index is -1.84. The van der Waals surface area contributed by atoms with Crippen molar-refractivity contribution in [3.63, 3.8) is 0 Å². The van der Waals surface area contributed by atoms with Crippen molar-refractivity contribution in [2.45, 2.75) is 51.1 Å². The van der Waals surface area contributed by atoms with Crippen LogP contribution in [0.4, 0.5) is 0 Å². The molecule has 0 aliphatic carbocycles. The molecule has 0 saturated heterocycles. The molecular weight excluding hydrogens is 234 g/mol. The molecule has 0 aliphatic heterocycles. The Bertz CT molecular complexity index is 226. The van der Waals surface area contributed by atoms with Gasteiger partial charge in [0, 0.05) is 14.2 Å². The van der Waals surface area contributed by atoms with Crippen LogP contribution in [0.2, 0.25) is 12.6 Å². The van der Waals surface area contributed by atoms with Crippen LogP contribution in [0.15, 0.2) is 4.99 Å².